The number of benzene rings is 2. The van der Waals surface area contributed by atoms with Crippen molar-refractivity contribution in [2.24, 2.45) is 5.10 Å². The van der Waals surface area contributed by atoms with Gasteiger partial charge in [0.2, 0.25) is 0 Å². The van der Waals surface area contributed by atoms with Crippen LogP contribution in [0.25, 0.3) is 0 Å². The van der Waals surface area contributed by atoms with Crippen LogP contribution in [0.2, 0.25) is 0 Å². The lowest BCUT2D eigenvalue weighted by Gasteiger charge is -2.09. The van der Waals surface area contributed by atoms with Crippen molar-refractivity contribution in [1.29, 1.82) is 0 Å². The molecule has 0 bridgehead atoms. The van der Waals surface area contributed by atoms with Crippen molar-refractivity contribution in [2.75, 3.05) is 10.1 Å². The Balaban J connectivity index is 1.85. The molecule has 0 atom stereocenters. The van der Waals surface area contributed by atoms with Crippen LogP contribution < -0.4 is 10.1 Å². The molecule has 1 aromatic heterocycles. The molecule has 0 radical (unpaired) electrons. The molecule has 138 valence electrons. The van der Waals surface area contributed by atoms with Crippen molar-refractivity contribution >= 4 is 33.3 Å². The van der Waals surface area contributed by atoms with Crippen LogP contribution in [-0.4, -0.2) is 19.6 Å². The smallest absolute Gasteiger partial charge is 0.295 e. The monoisotopic (exact) mass is 386 g/mol. The SMILES string of the molecule is O=[N+]([O-])c1cc(S(=O)(=O)Nc2ccccc2)ccc1N/N=C/c1ccco1. The van der Waals surface area contributed by atoms with E-state index >= 15 is 0 Å². The largest absolute Gasteiger partial charge is 0.463 e. The molecule has 27 heavy (non-hydrogen) atoms. The van der Waals surface area contributed by atoms with E-state index in [-0.39, 0.29) is 10.6 Å². The highest BCUT2D eigenvalue weighted by Gasteiger charge is 2.21. The Morgan fingerprint density at radius 1 is 1.07 bits per heavy atom. The fraction of sp³-hybridized carbons (Fsp3) is 0. The maximum Gasteiger partial charge on any atom is 0.295 e. The zero-order chi connectivity index (χ0) is 19.3. The number of para-hydroxylation sites is 1. The van der Waals surface area contributed by atoms with Crippen LogP contribution in [0.1, 0.15) is 5.76 Å². The average Bonchev–Trinajstić information content (AvgIpc) is 3.15. The van der Waals surface area contributed by atoms with Crippen molar-refractivity contribution < 1.29 is 17.8 Å². The number of hydrazone groups is 1. The van der Waals surface area contributed by atoms with Crippen LogP contribution >= 0.6 is 0 Å². The quantitative estimate of drug-likeness (QED) is 0.364. The summed E-state index contributed by atoms with van der Waals surface area (Å²) in [6.07, 6.45) is 2.80. The Labute approximate surface area is 154 Å². The van der Waals surface area contributed by atoms with Gasteiger partial charge in [-0.2, -0.15) is 5.10 Å². The van der Waals surface area contributed by atoms with E-state index in [4.69, 9.17) is 4.42 Å². The Morgan fingerprint density at radius 3 is 2.52 bits per heavy atom. The van der Waals surface area contributed by atoms with Gasteiger partial charge in [-0.05, 0) is 36.4 Å². The number of rotatable bonds is 7. The van der Waals surface area contributed by atoms with Crippen LogP contribution in [0, 0.1) is 10.1 Å². The normalized spacial score (nSPS) is 11.4. The van der Waals surface area contributed by atoms with Gasteiger partial charge in [-0.15, -0.1) is 0 Å². The summed E-state index contributed by atoms with van der Waals surface area (Å²) < 4.78 is 32.3. The number of nitrogens with zero attached hydrogens (tertiary/aromatic N) is 2. The zero-order valence-electron chi connectivity index (χ0n) is 13.8. The lowest BCUT2D eigenvalue weighted by atomic mass is 10.3. The maximum absolute atomic E-state index is 12.5. The van der Waals surface area contributed by atoms with Gasteiger partial charge in [-0.25, -0.2) is 8.42 Å². The molecular formula is C17H14N4O5S. The Kier molecular flexibility index (Phi) is 5.18. The second-order valence-corrected chi connectivity index (χ2v) is 6.98. The van der Waals surface area contributed by atoms with E-state index in [9.17, 15) is 18.5 Å². The number of furan rings is 1. The van der Waals surface area contributed by atoms with E-state index in [1.807, 2.05) is 0 Å². The molecule has 2 N–H and O–H groups in total. The first-order chi connectivity index (χ1) is 13.0. The van der Waals surface area contributed by atoms with Gasteiger partial charge < -0.3 is 4.42 Å². The van der Waals surface area contributed by atoms with Gasteiger partial charge >= 0.3 is 0 Å². The summed E-state index contributed by atoms with van der Waals surface area (Å²) in [7, 11) is -3.98. The molecule has 0 saturated heterocycles. The number of nitro benzene ring substituents is 1. The van der Waals surface area contributed by atoms with Gasteiger partial charge in [0.25, 0.3) is 15.7 Å². The number of nitrogens with one attached hydrogen (secondary N) is 2. The van der Waals surface area contributed by atoms with Crippen molar-refractivity contribution in [1.82, 2.24) is 0 Å². The molecule has 0 aliphatic rings. The molecule has 0 spiro atoms. The van der Waals surface area contributed by atoms with E-state index < -0.39 is 20.6 Å². The molecule has 0 aliphatic carbocycles. The second-order valence-electron chi connectivity index (χ2n) is 5.29. The van der Waals surface area contributed by atoms with Gasteiger partial charge in [-0.1, -0.05) is 18.2 Å². The Hall–Kier alpha value is -3.66. The van der Waals surface area contributed by atoms with Gasteiger partial charge in [0.15, 0.2) is 0 Å². The van der Waals surface area contributed by atoms with E-state index in [0.29, 0.717) is 11.4 Å². The average molecular weight is 386 g/mol. The van der Waals surface area contributed by atoms with Crippen molar-refractivity contribution in [3.63, 3.8) is 0 Å². The standard InChI is InChI=1S/C17H14N4O5S/c22-21(23)17-11-15(27(24,25)20-13-5-2-1-3-6-13)8-9-16(17)19-18-12-14-7-4-10-26-14/h1-12,19-20H/b18-12+. The first-order valence-corrected chi connectivity index (χ1v) is 9.13. The number of hydrogen-bond donors (Lipinski definition) is 2. The minimum Gasteiger partial charge on any atom is -0.463 e. The zero-order valence-corrected chi connectivity index (χ0v) is 14.6. The lowest BCUT2D eigenvalue weighted by Crippen LogP contribution is -2.13. The van der Waals surface area contributed by atoms with E-state index in [0.717, 1.165) is 6.07 Å². The summed E-state index contributed by atoms with van der Waals surface area (Å²) in [4.78, 5) is 10.4. The third-order valence-electron chi connectivity index (χ3n) is 3.42. The molecule has 1 heterocycles. The number of anilines is 2. The third kappa shape index (κ3) is 4.50. The summed E-state index contributed by atoms with van der Waals surface area (Å²) >= 11 is 0. The molecule has 3 aromatic rings. The van der Waals surface area contributed by atoms with Crippen molar-refractivity contribution in [3.05, 3.63) is 82.8 Å². The lowest BCUT2D eigenvalue weighted by molar-refractivity contribution is -0.384. The van der Waals surface area contributed by atoms with E-state index in [1.165, 1.54) is 24.6 Å². The van der Waals surface area contributed by atoms with Gasteiger partial charge in [0.1, 0.15) is 11.4 Å². The third-order valence-corrected chi connectivity index (χ3v) is 4.80. The van der Waals surface area contributed by atoms with Crippen LogP contribution in [0.15, 0.2) is 81.3 Å². The Morgan fingerprint density at radius 2 is 1.85 bits per heavy atom. The summed E-state index contributed by atoms with van der Waals surface area (Å²) in [5.41, 5.74) is 2.48. The maximum atomic E-state index is 12.5. The van der Waals surface area contributed by atoms with Gasteiger partial charge in [0.05, 0.1) is 22.3 Å². The summed E-state index contributed by atoms with van der Waals surface area (Å²) in [5.74, 6) is 0.455. The minimum atomic E-state index is -3.98. The molecule has 0 saturated carbocycles. The first kappa shape index (κ1) is 18.1. The van der Waals surface area contributed by atoms with Crippen LogP contribution in [0.5, 0.6) is 0 Å². The molecule has 0 aliphatic heterocycles. The highest BCUT2D eigenvalue weighted by atomic mass is 32.2. The molecule has 0 unspecified atom stereocenters. The van der Waals surface area contributed by atoms with Crippen LogP contribution in [0.3, 0.4) is 0 Å². The molecule has 2 aromatic carbocycles. The second kappa shape index (κ2) is 7.70. The van der Waals surface area contributed by atoms with Crippen LogP contribution in [-0.2, 0) is 10.0 Å². The molecule has 9 nitrogen and oxygen atoms in total. The highest BCUT2D eigenvalue weighted by Crippen LogP contribution is 2.28. The molecule has 0 fully saturated rings. The molecule has 10 heteroatoms. The fourth-order valence-corrected chi connectivity index (χ4v) is 3.25. The van der Waals surface area contributed by atoms with Gasteiger partial charge in [0, 0.05) is 11.8 Å². The summed E-state index contributed by atoms with van der Waals surface area (Å²) in [6.45, 7) is 0. The summed E-state index contributed by atoms with van der Waals surface area (Å²) in [6, 6.07) is 15.1. The molecule has 0 amide bonds. The molecule has 3 rings (SSSR count). The predicted octanol–water partition coefficient (Wildman–Crippen LogP) is 3.43. The van der Waals surface area contributed by atoms with Crippen molar-refractivity contribution in [3.8, 4) is 0 Å². The highest BCUT2D eigenvalue weighted by molar-refractivity contribution is 7.92. The first-order valence-electron chi connectivity index (χ1n) is 7.64. The Bertz CT molecular complexity index is 1060. The van der Waals surface area contributed by atoms with Crippen molar-refractivity contribution in [2.45, 2.75) is 4.90 Å². The number of sulfonamides is 1. The van der Waals surface area contributed by atoms with E-state index in [1.54, 1.807) is 42.5 Å². The number of hydrogen-bond acceptors (Lipinski definition) is 7. The molecular weight excluding hydrogens is 372 g/mol. The van der Waals surface area contributed by atoms with Gasteiger partial charge in [-0.3, -0.25) is 20.3 Å². The van der Waals surface area contributed by atoms with E-state index in [2.05, 4.69) is 15.2 Å². The van der Waals surface area contributed by atoms with Crippen LogP contribution in [0.4, 0.5) is 17.1 Å². The fourth-order valence-electron chi connectivity index (χ4n) is 2.17. The minimum absolute atomic E-state index is 0.0430. The number of nitro groups is 1. The predicted molar refractivity (Wildman–Crippen MR) is 100 cm³/mol. The topological polar surface area (TPSA) is 127 Å². The summed E-state index contributed by atoms with van der Waals surface area (Å²) in [5, 5.41) is 15.2.